The molecule has 3 aliphatic heterocycles. The van der Waals surface area contributed by atoms with E-state index in [2.05, 4.69) is 61.1 Å². The highest BCUT2D eigenvalue weighted by Gasteiger charge is 2.35. The van der Waals surface area contributed by atoms with E-state index in [0.717, 1.165) is 39.1 Å². The zero-order chi connectivity index (χ0) is 49.9. The third-order valence-electron chi connectivity index (χ3n) is 13.6. The number of nitrogens with one attached hydrogen (secondary N) is 2. The first-order valence-corrected chi connectivity index (χ1v) is 24.1. The van der Waals surface area contributed by atoms with Crippen molar-refractivity contribution in [1.82, 2.24) is 39.8 Å². The van der Waals surface area contributed by atoms with Gasteiger partial charge < -0.3 is 39.7 Å². The number of aromatic hydroxyl groups is 2. The van der Waals surface area contributed by atoms with Crippen LogP contribution in [0.4, 0.5) is 11.5 Å². The molecule has 368 valence electrons. The van der Waals surface area contributed by atoms with Gasteiger partial charge in [-0.1, -0.05) is 68.4 Å². The molecule has 9 rings (SSSR count). The smallest absolute Gasteiger partial charge is 0.348 e. The van der Waals surface area contributed by atoms with Crippen molar-refractivity contribution in [3.8, 4) is 40.7 Å². The molecule has 2 saturated heterocycles. The summed E-state index contributed by atoms with van der Waals surface area (Å²) in [5, 5.41) is 43.0. The number of halogens is 1. The minimum absolute atomic E-state index is 0.0393. The molecule has 4 aromatic carbocycles. The van der Waals surface area contributed by atoms with Crippen LogP contribution in [0.5, 0.6) is 17.5 Å². The Morgan fingerprint density at radius 3 is 2.56 bits per heavy atom. The van der Waals surface area contributed by atoms with Gasteiger partial charge in [0, 0.05) is 68.0 Å². The van der Waals surface area contributed by atoms with Gasteiger partial charge in [0.2, 0.25) is 11.8 Å². The second kappa shape index (κ2) is 20.9. The van der Waals surface area contributed by atoms with Crippen LogP contribution in [-0.4, -0.2) is 128 Å². The third-order valence-corrected chi connectivity index (χ3v) is 13.9. The summed E-state index contributed by atoms with van der Waals surface area (Å²) in [7, 11) is 1.99. The lowest BCUT2D eigenvalue weighted by molar-refractivity contribution is -0.129. The Balaban J connectivity index is 0.834. The maximum absolute atomic E-state index is 13.0. The average Bonchev–Trinajstić information content (AvgIpc) is 3.94. The summed E-state index contributed by atoms with van der Waals surface area (Å²) in [5.74, 6) is 0.147. The molecule has 0 bridgehead atoms. The van der Waals surface area contributed by atoms with E-state index in [1.165, 1.54) is 16.7 Å². The van der Waals surface area contributed by atoms with Crippen LogP contribution < -0.4 is 25.5 Å². The first-order chi connectivity index (χ1) is 34.3. The van der Waals surface area contributed by atoms with Gasteiger partial charge >= 0.3 is 11.7 Å². The quantitative estimate of drug-likeness (QED) is 0.0892. The predicted molar refractivity (Wildman–Crippen MR) is 269 cm³/mol. The molecule has 2 aromatic heterocycles. The molecule has 71 heavy (non-hydrogen) atoms. The number of hydrogen-bond donors (Lipinski definition) is 4. The topological polar surface area (TPSA) is 218 Å². The van der Waals surface area contributed by atoms with E-state index in [4.69, 9.17) is 31.0 Å². The number of ether oxygens (including phenoxy) is 2. The Bertz CT molecular complexity index is 3070. The van der Waals surface area contributed by atoms with Crippen molar-refractivity contribution in [3.63, 3.8) is 0 Å². The van der Waals surface area contributed by atoms with E-state index < -0.39 is 5.69 Å². The number of aromatic nitrogens is 5. The fraction of sp³-hybridized carbons (Fsp3) is 0.365. The molecule has 0 saturated carbocycles. The molecule has 0 spiro atoms. The Morgan fingerprint density at radius 2 is 1.80 bits per heavy atom. The minimum atomic E-state index is -0.503. The Morgan fingerprint density at radius 1 is 1.01 bits per heavy atom. The third kappa shape index (κ3) is 10.3. The number of carbonyl (C=O) groups is 2. The summed E-state index contributed by atoms with van der Waals surface area (Å²) in [4.78, 5) is 57.0. The summed E-state index contributed by atoms with van der Waals surface area (Å²) in [6.45, 7) is 11.0. The van der Waals surface area contributed by atoms with Gasteiger partial charge in [0.15, 0.2) is 5.82 Å². The fourth-order valence-corrected chi connectivity index (χ4v) is 10.1. The summed E-state index contributed by atoms with van der Waals surface area (Å²) < 4.78 is 13.9. The van der Waals surface area contributed by atoms with Crippen LogP contribution >= 0.6 is 11.6 Å². The Kier molecular flexibility index (Phi) is 14.3. The number of nitriles is 1. The van der Waals surface area contributed by atoms with Gasteiger partial charge in [0.1, 0.15) is 30.5 Å². The number of likely N-dealkylation sites (N-methyl/N-ethyl adjacent to an activating group) is 1. The van der Waals surface area contributed by atoms with Crippen molar-refractivity contribution < 1.29 is 29.3 Å². The molecule has 0 unspecified atom stereocenters. The summed E-state index contributed by atoms with van der Waals surface area (Å²) in [6.07, 6.45) is 2.52. The maximum Gasteiger partial charge on any atom is 0.348 e. The number of anilines is 2. The standard InChI is InChI=1S/C52H56ClN11O7/c1-5-47(68)63-21-20-62(26-35(63)16-18-54)49-38-17-19-61(43-11-7-9-33-8-6-10-41(53)48(33)43)28-42(38)56-51(57-49)71-29-36-22-37(27-60(36)4)70-30-46(67)55-25-32-12-14-34(15-13-32)64-50(58-59-52(64)69)40-23-39(31(2)3)44(65)24-45(40)66/h5-15,23-24,31,35-37,65-66H,1,16-17,19-22,25-30H2,2-4H3,(H,55,67)(H,59,69)/t35-,36-,37+/m0/s1. The van der Waals surface area contributed by atoms with Crippen LogP contribution in [0, 0.1) is 11.3 Å². The molecule has 0 radical (unpaired) electrons. The zero-order valence-corrected chi connectivity index (χ0v) is 40.6. The highest BCUT2D eigenvalue weighted by molar-refractivity contribution is 6.36. The number of piperazine rings is 1. The SMILES string of the molecule is C=CC(=O)N1CCN(c2nc(OC[C@@H]3C[C@@H](OCC(=O)NCc4ccc(-n5c(-c6cc(C(C)C)c(O)cc6O)n[nH]c5=O)cc4)CN3C)nc3c2CCN(c2cccc4cccc(Cl)c24)C3)C[C@@H]1CC#N. The average molecular weight is 983 g/mol. The van der Waals surface area contributed by atoms with Crippen LogP contribution in [-0.2, 0) is 33.8 Å². The van der Waals surface area contributed by atoms with Gasteiger partial charge in [-0.2, -0.15) is 20.3 Å². The van der Waals surface area contributed by atoms with E-state index in [9.17, 15) is 29.9 Å². The monoisotopic (exact) mass is 981 g/mol. The number of hydrogen-bond acceptors (Lipinski definition) is 14. The van der Waals surface area contributed by atoms with E-state index in [-0.39, 0.29) is 85.4 Å². The molecule has 2 fully saturated rings. The molecule has 2 amide bonds. The van der Waals surface area contributed by atoms with Crippen molar-refractivity contribution >= 4 is 45.7 Å². The van der Waals surface area contributed by atoms with Crippen molar-refractivity contribution in [2.45, 2.75) is 70.3 Å². The number of phenolic OH excluding ortho intramolecular Hbond substituents is 2. The van der Waals surface area contributed by atoms with Crippen LogP contribution in [0.2, 0.25) is 5.02 Å². The second-order valence-electron chi connectivity index (χ2n) is 18.5. The van der Waals surface area contributed by atoms with Crippen molar-refractivity contribution in [1.29, 1.82) is 5.26 Å². The number of H-pyrrole nitrogens is 1. The number of carbonyl (C=O) groups excluding carboxylic acids is 2. The second-order valence-corrected chi connectivity index (χ2v) is 18.9. The molecular formula is C52H56ClN11O7. The Hall–Kier alpha value is -7.46. The van der Waals surface area contributed by atoms with E-state index >= 15 is 0 Å². The molecule has 6 aromatic rings. The molecule has 3 atom stereocenters. The van der Waals surface area contributed by atoms with Gasteiger partial charge in [-0.3, -0.25) is 14.5 Å². The number of aromatic amines is 1. The van der Waals surface area contributed by atoms with Crippen LogP contribution in [0.25, 0.3) is 27.8 Å². The van der Waals surface area contributed by atoms with Crippen molar-refractivity contribution in [3.05, 3.63) is 123 Å². The lowest BCUT2D eigenvalue weighted by Crippen LogP contribution is -2.55. The number of fused-ring (bicyclic) bond motifs is 2. The zero-order valence-electron chi connectivity index (χ0n) is 39.8. The number of benzene rings is 4. The molecule has 19 heteroatoms. The summed E-state index contributed by atoms with van der Waals surface area (Å²) in [5.41, 5.74) is 4.54. The number of amides is 2. The number of phenols is 2. The van der Waals surface area contributed by atoms with Crippen LogP contribution in [0.1, 0.15) is 55.0 Å². The largest absolute Gasteiger partial charge is 0.508 e. The minimum Gasteiger partial charge on any atom is -0.508 e. The molecule has 0 aliphatic carbocycles. The Labute approximate surface area is 415 Å². The summed E-state index contributed by atoms with van der Waals surface area (Å²) in [6, 6.07) is 24.1. The number of likely N-dealkylation sites (tertiary alicyclic amines) is 1. The molecule has 3 aliphatic rings. The van der Waals surface area contributed by atoms with E-state index in [1.54, 1.807) is 35.2 Å². The molecule has 5 heterocycles. The van der Waals surface area contributed by atoms with Crippen molar-refractivity contribution in [2.75, 3.05) is 62.8 Å². The summed E-state index contributed by atoms with van der Waals surface area (Å²) >= 11 is 6.78. The molecule has 4 N–H and O–H groups in total. The molecular weight excluding hydrogens is 926 g/mol. The van der Waals surface area contributed by atoms with Gasteiger partial charge in [0.25, 0.3) is 0 Å². The van der Waals surface area contributed by atoms with E-state index in [1.807, 2.05) is 39.1 Å². The predicted octanol–water partition coefficient (Wildman–Crippen LogP) is 5.82. The first kappa shape index (κ1) is 48.6. The lowest BCUT2D eigenvalue weighted by Gasteiger charge is -2.42. The van der Waals surface area contributed by atoms with E-state index in [0.29, 0.717) is 73.9 Å². The maximum atomic E-state index is 13.0. The number of nitrogens with zero attached hydrogens (tertiary/aromatic N) is 9. The van der Waals surface area contributed by atoms with Crippen LogP contribution in [0.3, 0.4) is 0 Å². The lowest BCUT2D eigenvalue weighted by atomic mass is 9.98. The first-order valence-electron chi connectivity index (χ1n) is 23.7. The number of rotatable bonds is 15. The highest BCUT2D eigenvalue weighted by Crippen LogP contribution is 2.39. The van der Waals surface area contributed by atoms with Gasteiger partial charge in [0.05, 0.1) is 53.1 Å². The normalized spacial score (nSPS) is 18.1. The van der Waals surface area contributed by atoms with Crippen molar-refractivity contribution in [2.24, 2.45) is 0 Å². The molecule has 18 nitrogen and oxygen atoms in total. The fourth-order valence-electron chi connectivity index (χ4n) is 9.87. The van der Waals surface area contributed by atoms with Gasteiger partial charge in [-0.15, -0.1) is 0 Å². The van der Waals surface area contributed by atoms with Crippen LogP contribution in [0.15, 0.2) is 90.2 Å². The van der Waals surface area contributed by atoms with Gasteiger partial charge in [-0.25, -0.2) is 14.5 Å². The highest BCUT2D eigenvalue weighted by atomic mass is 35.5. The van der Waals surface area contributed by atoms with Gasteiger partial charge in [-0.05, 0) is 78.7 Å².